The Labute approximate surface area is 118 Å². The number of nitrogens with one attached hydrogen (secondary N) is 1. The highest BCUT2D eigenvalue weighted by Crippen LogP contribution is 2.23. The molecule has 0 saturated carbocycles. The van der Waals surface area contributed by atoms with Crippen LogP contribution in [0.1, 0.15) is 47.9 Å². The van der Waals surface area contributed by atoms with E-state index in [-0.39, 0.29) is 18.1 Å². The standard InChI is InChI=1S/C15H21NO4/c1-9-8-12(10(2)17)4-5-13(9)15(20)14(19)6-7-16-11(3)18/h4-5,8,14-15,19-20H,6-7H2,1-3H3,(H,16,18). The maximum absolute atomic E-state index is 11.3. The Bertz CT molecular complexity index is 499. The van der Waals surface area contributed by atoms with Gasteiger partial charge >= 0.3 is 0 Å². The predicted octanol–water partition coefficient (Wildman–Crippen LogP) is 1.12. The van der Waals surface area contributed by atoms with Crippen molar-refractivity contribution in [1.29, 1.82) is 0 Å². The number of hydrogen-bond acceptors (Lipinski definition) is 4. The molecule has 0 saturated heterocycles. The Hall–Kier alpha value is -1.72. The number of hydrogen-bond donors (Lipinski definition) is 3. The van der Waals surface area contributed by atoms with E-state index in [1.165, 1.54) is 13.8 Å². The molecular weight excluding hydrogens is 258 g/mol. The summed E-state index contributed by atoms with van der Waals surface area (Å²) in [6, 6.07) is 4.98. The van der Waals surface area contributed by atoms with Gasteiger partial charge in [0.1, 0.15) is 6.10 Å². The van der Waals surface area contributed by atoms with Crippen LogP contribution >= 0.6 is 0 Å². The van der Waals surface area contributed by atoms with Crippen molar-refractivity contribution >= 4 is 11.7 Å². The molecule has 1 aromatic rings. The van der Waals surface area contributed by atoms with Gasteiger partial charge < -0.3 is 15.5 Å². The molecule has 20 heavy (non-hydrogen) atoms. The van der Waals surface area contributed by atoms with E-state index in [9.17, 15) is 19.8 Å². The van der Waals surface area contributed by atoms with Gasteiger partial charge in [0.05, 0.1) is 6.10 Å². The monoisotopic (exact) mass is 279 g/mol. The topological polar surface area (TPSA) is 86.6 Å². The van der Waals surface area contributed by atoms with E-state index in [0.29, 0.717) is 17.7 Å². The number of ketones is 1. The van der Waals surface area contributed by atoms with E-state index in [1.807, 2.05) is 0 Å². The van der Waals surface area contributed by atoms with Crippen molar-refractivity contribution < 1.29 is 19.8 Å². The Morgan fingerprint density at radius 2 is 1.90 bits per heavy atom. The van der Waals surface area contributed by atoms with Crippen LogP contribution in [-0.2, 0) is 4.79 Å². The van der Waals surface area contributed by atoms with Gasteiger partial charge in [-0.1, -0.05) is 12.1 Å². The Morgan fingerprint density at radius 3 is 2.40 bits per heavy atom. The zero-order valence-electron chi connectivity index (χ0n) is 12.0. The van der Waals surface area contributed by atoms with Crippen molar-refractivity contribution in [2.75, 3.05) is 6.54 Å². The van der Waals surface area contributed by atoms with Crippen LogP contribution in [0.15, 0.2) is 18.2 Å². The fourth-order valence-electron chi connectivity index (χ4n) is 1.99. The molecule has 1 aromatic carbocycles. The quantitative estimate of drug-likeness (QED) is 0.681. The van der Waals surface area contributed by atoms with Crippen LogP contribution in [0.2, 0.25) is 0 Å². The highest BCUT2D eigenvalue weighted by molar-refractivity contribution is 5.94. The fourth-order valence-corrected chi connectivity index (χ4v) is 1.99. The van der Waals surface area contributed by atoms with Crippen LogP contribution in [-0.4, -0.2) is 34.6 Å². The summed E-state index contributed by atoms with van der Waals surface area (Å²) in [6.07, 6.45) is -1.75. The van der Waals surface area contributed by atoms with E-state index in [0.717, 1.165) is 5.56 Å². The van der Waals surface area contributed by atoms with Crippen LogP contribution in [0.3, 0.4) is 0 Å². The van der Waals surface area contributed by atoms with Crippen molar-refractivity contribution in [1.82, 2.24) is 5.32 Å². The lowest BCUT2D eigenvalue weighted by Gasteiger charge is -2.20. The van der Waals surface area contributed by atoms with Gasteiger partial charge in [-0.25, -0.2) is 0 Å². The van der Waals surface area contributed by atoms with Crippen LogP contribution < -0.4 is 5.32 Å². The van der Waals surface area contributed by atoms with Crippen molar-refractivity contribution in [3.8, 4) is 0 Å². The highest BCUT2D eigenvalue weighted by atomic mass is 16.3. The molecule has 0 fully saturated rings. The Morgan fingerprint density at radius 1 is 1.25 bits per heavy atom. The lowest BCUT2D eigenvalue weighted by atomic mass is 9.95. The van der Waals surface area contributed by atoms with Crippen LogP contribution in [0.5, 0.6) is 0 Å². The van der Waals surface area contributed by atoms with Gasteiger partial charge in [-0.2, -0.15) is 0 Å². The molecular formula is C15H21NO4. The molecule has 0 spiro atoms. The first kappa shape index (κ1) is 16.3. The number of Topliss-reactive ketones (excluding diaryl/α,β-unsaturated/α-hetero) is 1. The van der Waals surface area contributed by atoms with Gasteiger partial charge in [-0.05, 0) is 37.5 Å². The molecule has 0 radical (unpaired) electrons. The van der Waals surface area contributed by atoms with E-state index in [1.54, 1.807) is 25.1 Å². The zero-order chi connectivity index (χ0) is 15.3. The van der Waals surface area contributed by atoms with Crippen molar-refractivity contribution in [2.24, 2.45) is 0 Å². The first-order valence-electron chi connectivity index (χ1n) is 6.55. The number of carbonyl (C=O) groups is 2. The Balaban J connectivity index is 2.73. The molecule has 1 rings (SSSR count). The van der Waals surface area contributed by atoms with Gasteiger partial charge in [-0.15, -0.1) is 0 Å². The molecule has 2 unspecified atom stereocenters. The molecule has 5 heteroatoms. The van der Waals surface area contributed by atoms with Gasteiger partial charge in [-0.3, -0.25) is 9.59 Å². The van der Waals surface area contributed by atoms with Crippen molar-refractivity contribution in [2.45, 2.75) is 39.4 Å². The molecule has 5 nitrogen and oxygen atoms in total. The van der Waals surface area contributed by atoms with E-state index in [2.05, 4.69) is 5.32 Å². The second-order valence-corrected chi connectivity index (χ2v) is 4.91. The van der Waals surface area contributed by atoms with Gasteiger partial charge in [0.15, 0.2) is 5.78 Å². The highest BCUT2D eigenvalue weighted by Gasteiger charge is 2.20. The minimum absolute atomic E-state index is 0.0413. The zero-order valence-corrected chi connectivity index (χ0v) is 12.0. The number of amides is 1. The predicted molar refractivity (Wildman–Crippen MR) is 75.5 cm³/mol. The summed E-state index contributed by atoms with van der Waals surface area (Å²) < 4.78 is 0. The molecule has 1 amide bonds. The number of benzene rings is 1. The summed E-state index contributed by atoms with van der Waals surface area (Å²) in [5.74, 6) is -0.214. The first-order chi connectivity index (χ1) is 9.32. The third-order valence-corrected chi connectivity index (χ3v) is 3.17. The van der Waals surface area contributed by atoms with Crippen molar-refractivity contribution in [3.63, 3.8) is 0 Å². The summed E-state index contributed by atoms with van der Waals surface area (Å²) in [6.45, 7) is 4.96. The van der Waals surface area contributed by atoms with E-state index < -0.39 is 12.2 Å². The average Bonchev–Trinajstić information content (AvgIpc) is 2.37. The molecule has 0 heterocycles. The maximum Gasteiger partial charge on any atom is 0.216 e. The minimum Gasteiger partial charge on any atom is -0.390 e. The molecule has 3 N–H and O–H groups in total. The number of rotatable bonds is 6. The average molecular weight is 279 g/mol. The number of aliphatic hydroxyl groups excluding tert-OH is 2. The molecule has 2 atom stereocenters. The summed E-state index contributed by atoms with van der Waals surface area (Å²) >= 11 is 0. The molecule has 0 aliphatic rings. The van der Waals surface area contributed by atoms with Crippen LogP contribution in [0.4, 0.5) is 0 Å². The normalized spacial score (nSPS) is 13.7. The minimum atomic E-state index is -1.04. The number of aliphatic hydroxyl groups is 2. The van der Waals surface area contributed by atoms with E-state index in [4.69, 9.17) is 0 Å². The summed E-state index contributed by atoms with van der Waals surface area (Å²) in [5, 5.41) is 22.6. The summed E-state index contributed by atoms with van der Waals surface area (Å²) in [5.41, 5.74) is 1.92. The molecule has 0 aliphatic carbocycles. The van der Waals surface area contributed by atoms with Gasteiger partial charge in [0.25, 0.3) is 0 Å². The lowest BCUT2D eigenvalue weighted by molar-refractivity contribution is -0.119. The summed E-state index contributed by atoms with van der Waals surface area (Å²) in [7, 11) is 0. The largest absolute Gasteiger partial charge is 0.390 e. The second kappa shape index (κ2) is 7.17. The maximum atomic E-state index is 11.3. The molecule has 110 valence electrons. The first-order valence-corrected chi connectivity index (χ1v) is 6.55. The molecule has 0 aliphatic heterocycles. The smallest absolute Gasteiger partial charge is 0.216 e. The van der Waals surface area contributed by atoms with E-state index >= 15 is 0 Å². The second-order valence-electron chi connectivity index (χ2n) is 4.91. The lowest BCUT2D eigenvalue weighted by Crippen LogP contribution is -2.28. The van der Waals surface area contributed by atoms with Crippen LogP contribution in [0, 0.1) is 6.92 Å². The molecule has 0 aromatic heterocycles. The van der Waals surface area contributed by atoms with Crippen molar-refractivity contribution in [3.05, 3.63) is 34.9 Å². The number of carbonyl (C=O) groups excluding carboxylic acids is 2. The third kappa shape index (κ3) is 4.43. The third-order valence-electron chi connectivity index (χ3n) is 3.17. The number of aryl methyl sites for hydroxylation is 1. The van der Waals surface area contributed by atoms with Gasteiger partial charge in [0, 0.05) is 19.0 Å². The fraction of sp³-hybridized carbons (Fsp3) is 0.467. The molecule has 0 bridgehead atoms. The van der Waals surface area contributed by atoms with Gasteiger partial charge in [0.2, 0.25) is 5.91 Å². The van der Waals surface area contributed by atoms with Crippen LogP contribution in [0.25, 0.3) is 0 Å². The summed E-state index contributed by atoms with van der Waals surface area (Å²) in [4.78, 5) is 22.0. The Kier molecular flexibility index (Phi) is 5.85. The SMILES string of the molecule is CC(=O)NCCC(O)C(O)c1ccc(C(C)=O)cc1C.